The van der Waals surface area contributed by atoms with Gasteiger partial charge in [-0.05, 0) is 53.6 Å². The van der Waals surface area contributed by atoms with Gasteiger partial charge in [0.2, 0.25) is 0 Å². The highest BCUT2D eigenvalue weighted by Crippen LogP contribution is 2.40. The monoisotopic (exact) mass is 334 g/mol. The van der Waals surface area contributed by atoms with Gasteiger partial charge >= 0.3 is 0 Å². The molecule has 1 aliphatic rings. The molecule has 0 bridgehead atoms. The summed E-state index contributed by atoms with van der Waals surface area (Å²) in [6, 6.07) is 12.9. The van der Waals surface area contributed by atoms with Crippen molar-refractivity contribution in [2.24, 2.45) is 0 Å². The fourth-order valence-electron chi connectivity index (χ4n) is 2.48. The van der Waals surface area contributed by atoms with Gasteiger partial charge in [0, 0.05) is 10.9 Å². The third-order valence-corrected chi connectivity index (χ3v) is 4.18. The summed E-state index contributed by atoms with van der Waals surface area (Å²) in [6.45, 7) is 0. The number of hydrogen-bond acceptors (Lipinski definition) is 1. The van der Waals surface area contributed by atoms with Crippen LogP contribution in [0.25, 0.3) is 0 Å². The zero-order valence-corrected chi connectivity index (χ0v) is 12.6. The molecule has 0 heterocycles. The summed E-state index contributed by atoms with van der Waals surface area (Å²) in [5, 5.41) is 10.3. The minimum atomic E-state index is -0.600. The van der Waals surface area contributed by atoms with Crippen LogP contribution in [0.3, 0.4) is 0 Å². The number of halogens is 2. The molecule has 0 radical (unpaired) electrons. The highest BCUT2D eigenvalue weighted by molar-refractivity contribution is 9.10. The Morgan fingerprint density at radius 1 is 1.15 bits per heavy atom. The first kappa shape index (κ1) is 13.8. The molecule has 1 atom stereocenters. The first-order valence-corrected chi connectivity index (χ1v) is 7.64. The van der Waals surface area contributed by atoms with E-state index in [2.05, 4.69) is 28.1 Å². The number of aliphatic hydroxyl groups excluding tert-OH is 1. The van der Waals surface area contributed by atoms with Gasteiger partial charge in [-0.1, -0.05) is 40.2 Å². The van der Waals surface area contributed by atoms with Gasteiger partial charge in [0.25, 0.3) is 0 Å². The maximum Gasteiger partial charge on any atom is 0.124 e. The molecule has 2 aromatic rings. The van der Waals surface area contributed by atoms with Crippen molar-refractivity contribution in [3.63, 3.8) is 0 Å². The largest absolute Gasteiger partial charge is 0.388 e. The molecule has 20 heavy (non-hydrogen) atoms. The van der Waals surface area contributed by atoms with Crippen LogP contribution in [0.4, 0.5) is 4.39 Å². The summed E-state index contributed by atoms with van der Waals surface area (Å²) in [5.41, 5.74) is 3.03. The fraction of sp³-hybridized carbons (Fsp3) is 0.294. The van der Waals surface area contributed by atoms with Gasteiger partial charge in [-0.15, -0.1) is 0 Å². The molecule has 0 amide bonds. The summed E-state index contributed by atoms with van der Waals surface area (Å²) in [7, 11) is 0. The lowest BCUT2D eigenvalue weighted by Gasteiger charge is -2.12. The van der Waals surface area contributed by atoms with Crippen LogP contribution in [0, 0.1) is 5.82 Å². The highest BCUT2D eigenvalue weighted by Gasteiger charge is 2.23. The molecule has 1 unspecified atom stereocenters. The maximum absolute atomic E-state index is 13.3. The molecule has 0 aliphatic heterocycles. The first-order valence-electron chi connectivity index (χ1n) is 6.85. The SMILES string of the molecule is OC(Cc1cc(F)cc(Br)c1)c1ccc(C2CC2)cc1. The Hall–Kier alpha value is -1.19. The van der Waals surface area contributed by atoms with E-state index in [0.29, 0.717) is 10.9 Å². The number of rotatable bonds is 4. The van der Waals surface area contributed by atoms with E-state index >= 15 is 0 Å². The Balaban J connectivity index is 1.72. The lowest BCUT2D eigenvalue weighted by molar-refractivity contribution is 0.178. The summed E-state index contributed by atoms with van der Waals surface area (Å²) in [4.78, 5) is 0. The first-order chi connectivity index (χ1) is 9.61. The van der Waals surface area contributed by atoms with E-state index in [0.717, 1.165) is 17.0 Å². The fourth-order valence-corrected chi connectivity index (χ4v) is 2.99. The van der Waals surface area contributed by atoms with Crippen LogP contribution in [0.5, 0.6) is 0 Å². The van der Waals surface area contributed by atoms with Crippen LogP contribution in [-0.4, -0.2) is 5.11 Å². The van der Waals surface area contributed by atoms with Crippen LogP contribution < -0.4 is 0 Å². The highest BCUT2D eigenvalue weighted by atomic mass is 79.9. The maximum atomic E-state index is 13.3. The molecule has 1 saturated carbocycles. The predicted octanol–water partition coefficient (Wildman–Crippen LogP) is 4.74. The van der Waals surface area contributed by atoms with Crippen molar-refractivity contribution in [2.45, 2.75) is 31.3 Å². The zero-order chi connectivity index (χ0) is 14.1. The van der Waals surface area contributed by atoms with Crippen molar-refractivity contribution in [1.82, 2.24) is 0 Å². The minimum Gasteiger partial charge on any atom is -0.388 e. The molecule has 1 aliphatic carbocycles. The zero-order valence-electron chi connectivity index (χ0n) is 11.0. The summed E-state index contributed by atoms with van der Waals surface area (Å²) < 4.78 is 14.0. The van der Waals surface area contributed by atoms with Crippen LogP contribution in [0.2, 0.25) is 0 Å². The average Bonchev–Trinajstić information content (AvgIpc) is 3.22. The molecular weight excluding hydrogens is 319 g/mol. The molecule has 3 heteroatoms. The Morgan fingerprint density at radius 2 is 1.85 bits per heavy atom. The number of hydrogen-bond donors (Lipinski definition) is 1. The van der Waals surface area contributed by atoms with Crippen LogP contribution in [0.1, 0.15) is 41.6 Å². The lowest BCUT2D eigenvalue weighted by Crippen LogP contribution is -2.02. The van der Waals surface area contributed by atoms with E-state index in [-0.39, 0.29) is 5.82 Å². The molecule has 0 aromatic heterocycles. The van der Waals surface area contributed by atoms with Gasteiger partial charge in [0.15, 0.2) is 0 Å². The van der Waals surface area contributed by atoms with Gasteiger partial charge < -0.3 is 5.11 Å². The standard InChI is InChI=1S/C17H16BrFO/c18-15-7-11(8-16(19)10-15)9-17(20)14-5-3-13(4-6-14)12-1-2-12/h3-8,10,12,17,20H,1-2,9H2. The predicted molar refractivity (Wildman–Crippen MR) is 81.2 cm³/mol. The van der Waals surface area contributed by atoms with E-state index in [1.807, 2.05) is 18.2 Å². The van der Waals surface area contributed by atoms with Crippen LogP contribution in [0.15, 0.2) is 46.9 Å². The van der Waals surface area contributed by atoms with Crippen LogP contribution >= 0.6 is 15.9 Å². The minimum absolute atomic E-state index is 0.286. The van der Waals surface area contributed by atoms with E-state index < -0.39 is 6.10 Å². The molecule has 1 N–H and O–H groups in total. The second kappa shape index (κ2) is 5.66. The molecule has 104 valence electrons. The topological polar surface area (TPSA) is 20.2 Å². The molecule has 3 rings (SSSR count). The van der Waals surface area contributed by atoms with Crippen molar-refractivity contribution in [3.8, 4) is 0 Å². The van der Waals surface area contributed by atoms with Crippen LogP contribution in [-0.2, 0) is 6.42 Å². The van der Waals surface area contributed by atoms with Gasteiger partial charge in [-0.2, -0.15) is 0 Å². The molecule has 0 saturated heterocycles. The number of benzene rings is 2. The second-order valence-corrected chi connectivity index (χ2v) is 6.35. The van der Waals surface area contributed by atoms with Gasteiger partial charge in [0.1, 0.15) is 5.82 Å². The second-order valence-electron chi connectivity index (χ2n) is 5.44. The summed E-state index contributed by atoms with van der Waals surface area (Å²) in [5.74, 6) is 0.436. The molecule has 1 nitrogen and oxygen atoms in total. The van der Waals surface area contributed by atoms with Crippen molar-refractivity contribution >= 4 is 15.9 Å². The Labute approximate surface area is 126 Å². The smallest absolute Gasteiger partial charge is 0.124 e. The van der Waals surface area contributed by atoms with E-state index in [9.17, 15) is 9.50 Å². The third kappa shape index (κ3) is 3.28. The lowest BCUT2D eigenvalue weighted by atomic mass is 9.99. The average molecular weight is 335 g/mol. The van der Waals surface area contributed by atoms with Crippen molar-refractivity contribution in [1.29, 1.82) is 0 Å². The number of aliphatic hydroxyl groups is 1. The van der Waals surface area contributed by atoms with E-state index in [1.165, 1.54) is 30.5 Å². The Kier molecular flexibility index (Phi) is 3.90. The summed E-state index contributed by atoms with van der Waals surface area (Å²) in [6.07, 6.45) is 2.37. The van der Waals surface area contributed by atoms with Gasteiger partial charge in [-0.3, -0.25) is 0 Å². The van der Waals surface area contributed by atoms with Crippen molar-refractivity contribution < 1.29 is 9.50 Å². The normalized spacial score (nSPS) is 16.1. The Morgan fingerprint density at radius 3 is 2.45 bits per heavy atom. The van der Waals surface area contributed by atoms with Gasteiger partial charge in [0.05, 0.1) is 6.10 Å². The van der Waals surface area contributed by atoms with Gasteiger partial charge in [-0.25, -0.2) is 4.39 Å². The third-order valence-electron chi connectivity index (χ3n) is 3.72. The Bertz CT molecular complexity index is 585. The molecule has 0 spiro atoms. The quantitative estimate of drug-likeness (QED) is 0.855. The van der Waals surface area contributed by atoms with E-state index in [1.54, 1.807) is 0 Å². The van der Waals surface area contributed by atoms with Crippen molar-refractivity contribution in [2.75, 3.05) is 0 Å². The summed E-state index contributed by atoms with van der Waals surface area (Å²) >= 11 is 3.27. The molecule has 2 aromatic carbocycles. The molecule has 1 fully saturated rings. The van der Waals surface area contributed by atoms with Crippen molar-refractivity contribution in [3.05, 3.63) is 69.4 Å². The van der Waals surface area contributed by atoms with E-state index in [4.69, 9.17) is 0 Å². The molecular formula is C17H16BrFO.